The summed E-state index contributed by atoms with van der Waals surface area (Å²) < 4.78 is 29.4. The Labute approximate surface area is 76.3 Å². The number of ether oxygens (including phenoxy) is 1. The number of hydrogen-bond donors (Lipinski definition) is 1. The predicted octanol–water partition coefficient (Wildman–Crippen LogP) is 0.333. The lowest BCUT2D eigenvalue weighted by atomic mass is 10.2. The van der Waals surface area contributed by atoms with Crippen molar-refractivity contribution in [1.82, 2.24) is 4.90 Å². The van der Waals surface area contributed by atoms with Gasteiger partial charge in [-0.3, -0.25) is 4.90 Å². The largest absolute Gasteiger partial charge is 0.394 e. The van der Waals surface area contributed by atoms with Gasteiger partial charge in [-0.2, -0.15) is 0 Å². The highest BCUT2D eigenvalue weighted by Gasteiger charge is 2.27. The second-order valence-corrected chi connectivity index (χ2v) is 3.33. The predicted molar refractivity (Wildman–Crippen MR) is 43.9 cm³/mol. The number of halogens is 2. The summed E-state index contributed by atoms with van der Waals surface area (Å²) >= 11 is 0. The fourth-order valence-corrected chi connectivity index (χ4v) is 1.42. The Morgan fingerprint density at radius 1 is 1.62 bits per heavy atom. The number of aliphatic hydroxyl groups is 1. The molecule has 13 heavy (non-hydrogen) atoms. The number of aliphatic hydroxyl groups excluding tert-OH is 1. The van der Waals surface area contributed by atoms with E-state index in [1.165, 1.54) is 0 Å². The van der Waals surface area contributed by atoms with Crippen LogP contribution in [0.5, 0.6) is 0 Å². The van der Waals surface area contributed by atoms with Crippen LogP contribution in [-0.4, -0.2) is 54.9 Å². The van der Waals surface area contributed by atoms with Crippen LogP contribution in [0.3, 0.4) is 0 Å². The summed E-state index contributed by atoms with van der Waals surface area (Å²) in [6, 6.07) is 0.0109. The van der Waals surface area contributed by atoms with Crippen molar-refractivity contribution in [1.29, 1.82) is 0 Å². The van der Waals surface area contributed by atoms with E-state index < -0.39 is 6.43 Å². The molecule has 5 heteroatoms. The molecule has 2 unspecified atom stereocenters. The molecular formula is C8H15F2NO2. The van der Waals surface area contributed by atoms with Gasteiger partial charge in [0.15, 0.2) is 0 Å². The maximum absolute atomic E-state index is 12.1. The third kappa shape index (κ3) is 3.17. The van der Waals surface area contributed by atoms with E-state index in [0.29, 0.717) is 13.2 Å². The van der Waals surface area contributed by atoms with Crippen molar-refractivity contribution in [2.24, 2.45) is 0 Å². The Morgan fingerprint density at radius 2 is 2.31 bits per heavy atom. The molecule has 0 saturated carbocycles. The maximum Gasteiger partial charge on any atom is 0.251 e. The van der Waals surface area contributed by atoms with Crippen molar-refractivity contribution in [3.8, 4) is 0 Å². The number of nitrogens with zero attached hydrogens (tertiary/aromatic N) is 1. The van der Waals surface area contributed by atoms with Gasteiger partial charge in [0.1, 0.15) is 0 Å². The second kappa shape index (κ2) is 4.83. The van der Waals surface area contributed by atoms with Crippen LogP contribution in [0, 0.1) is 0 Å². The first-order valence-electron chi connectivity index (χ1n) is 4.38. The molecule has 1 rings (SSSR count). The van der Waals surface area contributed by atoms with E-state index in [-0.39, 0.29) is 25.3 Å². The highest BCUT2D eigenvalue weighted by atomic mass is 19.3. The standard InChI is InChI=1S/C8H15F2NO2/c1-6-5-13-7(4-12)2-11(6)3-8(9)10/h6-8,12H,2-5H2,1H3. The van der Waals surface area contributed by atoms with Crippen molar-refractivity contribution in [2.45, 2.75) is 25.5 Å². The van der Waals surface area contributed by atoms with Crippen LogP contribution in [0.2, 0.25) is 0 Å². The lowest BCUT2D eigenvalue weighted by molar-refractivity contribution is -0.0895. The summed E-state index contributed by atoms with van der Waals surface area (Å²) in [7, 11) is 0. The van der Waals surface area contributed by atoms with Crippen molar-refractivity contribution >= 4 is 0 Å². The molecule has 0 aliphatic carbocycles. The van der Waals surface area contributed by atoms with Gasteiger partial charge in [0.2, 0.25) is 0 Å². The van der Waals surface area contributed by atoms with Crippen molar-refractivity contribution in [2.75, 3.05) is 26.3 Å². The van der Waals surface area contributed by atoms with Gasteiger partial charge in [-0.1, -0.05) is 0 Å². The summed E-state index contributed by atoms with van der Waals surface area (Å²) in [5.74, 6) is 0. The quantitative estimate of drug-likeness (QED) is 0.704. The van der Waals surface area contributed by atoms with Crippen LogP contribution in [0.1, 0.15) is 6.92 Å². The third-order valence-corrected chi connectivity index (χ3v) is 2.21. The highest BCUT2D eigenvalue weighted by molar-refractivity contribution is 4.77. The lowest BCUT2D eigenvalue weighted by Gasteiger charge is -2.37. The SMILES string of the molecule is CC1COC(CO)CN1CC(F)F. The number of rotatable bonds is 3. The molecule has 0 spiro atoms. The molecule has 1 fully saturated rings. The first-order valence-corrected chi connectivity index (χ1v) is 4.38. The van der Waals surface area contributed by atoms with Gasteiger partial charge < -0.3 is 9.84 Å². The Balaban J connectivity index is 2.40. The van der Waals surface area contributed by atoms with Gasteiger partial charge in [-0.15, -0.1) is 0 Å². The zero-order valence-corrected chi connectivity index (χ0v) is 7.62. The average Bonchev–Trinajstić information content (AvgIpc) is 2.08. The zero-order valence-electron chi connectivity index (χ0n) is 7.62. The van der Waals surface area contributed by atoms with Crippen LogP contribution in [0.25, 0.3) is 0 Å². The van der Waals surface area contributed by atoms with Crippen LogP contribution in [-0.2, 0) is 4.74 Å². The molecule has 0 bridgehead atoms. The first kappa shape index (κ1) is 10.8. The third-order valence-electron chi connectivity index (χ3n) is 2.21. The van der Waals surface area contributed by atoms with E-state index >= 15 is 0 Å². The summed E-state index contributed by atoms with van der Waals surface area (Å²) in [6.45, 7) is 2.31. The van der Waals surface area contributed by atoms with Gasteiger partial charge in [0, 0.05) is 12.6 Å². The monoisotopic (exact) mass is 195 g/mol. The molecule has 0 aromatic heterocycles. The molecule has 2 atom stereocenters. The molecule has 1 saturated heterocycles. The van der Waals surface area contributed by atoms with E-state index in [1.807, 2.05) is 6.92 Å². The second-order valence-electron chi connectivity index (χ2n) is 3.33. The highest BCUT2D eigenvalue weighted by Crippen LogP contribution is 2.12. The Hall–Kier alpha value is -0.260. The Morgan fingerprint density at radius 3 is 2.85 bits per heavy atom. The Kier molecular flexibility index (Phi) is 4.02. The molecule has 3 nitrogen and oxygen atoms in total. The fourth-order valence-electron chi connectivity index (χ4n) is 1.42. The fraction of sp³-hybridized carbons (Fsp3) is 1.00. The van der Waals surface area contributed by atoms with E-state index in [1.54, 1.807) is 4.90 Å². The minimum absolute atomic E-state index is 0.0109. The average molecular weight is 195 g/mol. The zero-order chi connectivity index (χ0) is 9.84. The summed E-state index contributed by atoms with van der Waals surface area (Å²) in [4.78, 5) is 1.65. The summed E-state index contributed by atoms with van der Waals surface area (Å²) in [5.41, 5.74) is 0. The van der Waals surface area contributed by atoms with Crippen molar-refractivity contribution in [3.63, 3.8) is 0 Å². The van der Waals surface area contributed by atoms with E-state index in [0.717, 1.165) is 0 Å². The van der Waals surface area contributed by atoms with Gasteiger partial charge in [-0.05, 0) is 6.92 Å². The van der Waals surface area contributed by atoms with E-state index in [2.05, 4.69) is 0 Å². The molecule has 0 aromatic carbocycles. The van der Waals surface area contributed by atoms with Crippen LogP contribution in [0.15, 0.2) is 0 Å². The van der Waals surface area contributed by atoms with Crippen molar-refractivity contribution in [3.05, 3.63) is 0 Å². The number of hydrogen-bond acceptors (Lipinski definition) is 3. The van der Waals surface area contributed by atoms with Crippen molar-refractivity contribution < 1.29 is 18.6 Å². The normalized spacial score (nSPS) is 31.2. The lowest BCUT2D eigenvalue weighted by Crippen LogP contribution is -2.50. The molecule has 1 aliphatic heterocycles. The summed E-state index contributed by atoms with van der Waals surface area (Å²) in [5, 5.41) is 8.79. The number of morpholine rings is 1. The van der Waals surface area contributed by atoms with Crippen LogP contribution < -0.4 is 0 Å². The van der Waals surface area contributed by atoms with Gasteiger partial charge in [0.05, 0.1) is 25.9 Å². The summed E-state index contributed by atoms with van der Waals surface area (Å²) in [6.07, 6.45) is -2.63. The van der Waals surface area contributed by atoms with Gasteiger partial charge >= 0.3 is 0 Å². The van der Waals surface area contributed by atoms with Crippen LogP contribution in [0.4, 0.5) is 8.78 Å². The van der Waals surface area contributed by atoms with E-state index in [9.17, 15) is 8.78 Å². The van der Waals surface area contributed by atoms with Crippen LogP contribution >= 0.6 is 0 Å². The van der Waals surface area contributed by atoms with Gasteiger partial charge in [-0.25, -0.2) is 8.78 Å². The smallest absolute Gasteiger partial charge is 0.251 e. The molecule has 0 radical (unpaired) electrons. The van der Waals surface area contributed by atoms with E-state index in [4.69, 9.17) is 9.84 Å². The molecule has 78 valence electrons. The minimum atomic E-state index is -2.32. The molecular weight excluding hydrogens is 180 g/mol. The molecule has 1 heterocycles. The minimum Gasteiger partial charge on any atom is -0.394 e. The maximum atomic E-state index is 12.1. The first-order chi connectivity index (χ1) is 6.13. The molecule has 1 N–H and O–H groups in total. The molecule has 0 amide bonds. The Bertz CT molecular complexity index is 157. The topological polar surface area (TPSA) is 32.7 Å². The number of alkyl halides is 2. The molecule has 1 aliphatic rings. The van der Waals surface area contributed by atoms with Gasteiger partial charge in [0.25, 0.3) is 6.43 Å². The molecule has 0 aromatic rings.